The van der Waals surface area contributed by atoms with Gasteiger partial charge in [-0.05, 0) is 45.8 Å². The maximum atomic E-state index is 13.6. The molecule has 7 rings (SSSR count). The third-order valence-electron chi connectivity index (χ3n) is 6.78. The molecule has 0 radical (unpaired) electrons. The highest BCUT2D eigenvalue weighted by Gasteiger charge is 2.38. The first-order valence-corrected chi connectivity index (χ1v) is 12.8. The molecule has 0 spiro atoms. The lowest BCUT2D eigenvalue weighted by Crippen LogP contribution is -2.22. The number of hydrogen-bond acceptors (Lipinski definition) is 8. The van der Waals surface area contributed by atoms with E-state index in [9.17, 15) is 4.79 Å². The largest absolute Gasteiger partial charge is 0.493 e. The summed E-state index contributed by atoms with van der Waals surface area (Å²) in [7, 11) is 3.13. The number of para-hydroxylation sites is 1. The zero-order valence-corrected chi connectivity index (χ0v) is 22.3. The second-order valence-electron chi connectivity index (χ2n) is 8.93. The molecule has 1 unspecified atom stereocenters. The van der Waals surface area contributed by atoms with E-state index >= 15 is 0 Å². The molecule has 1 atom stereocenters. The van der Waals surface area contributed by atoms with Crippen molar-refractivity contribution < 1.29 is 18.6 Å². The Morgan fingerprint density at radius 1 is 0.974 bits per heavy atom. The third kappa shape index (κ3) is 3.59. The molecule has 1 aliphatic heterocycles. The molecular formula is C29H19BrN4O5. The molecular weight excluding hydrogens is 564 g/mol. The van der Waals surface area contributed by atoms with Crippen LogP contribution in [-0.2, 0) is 0 Å². The zero-order valence-electron chi connectivity index (χ0n) is 20.7. The summed E-state index contributed by atoms with van der Waals surface area (Å²) < 4.78 is 25.6. The van der Waals surface area contributed by atoms with Gasteiger partial charge in [0, 0.05) is 5.56 Å². The lowest BCUT2D eigenvalue weighted by atomic mass is 9.84. The van der Waals surface area contributed by atoms with Gasteiger partial charge in [0.1, 0.15) is 11.9 Å². The highest BCUT2D eigenvalue weighted by atomic mass is 79.9. The molecule has 0 N–H and O–H groups in total. The molecule has 3 aromatic carbocycles. The fourth-order valence-corrected chi connectivity index (χ4v) is 5.70. The van der Waals surface area contributed by atoms with E-state index in [1.165, 1.54) is 0 Å². The van der Waals surface area contributed by atoms with Gasteiger partial charge in [0.05, 0.1) is 41.1 Å². The summed E-state index contributed by atoms with van der Waals surface area (Å²) in [4.78, 5) is 23.1. The predicted octanol–water partition coefficient (Wildman–Crippen LogP) is 5.96. The van der Waals surface area contributed by atoms with Gasteiger partial charge in [-0.25, -0.2) is 19.3 Å². The van der Waals surface area contributed by atoms with E-state index in [1.807, 2.05) is 54.6 Å². The van der Waals surface area contributed by atoms with Gasteiger partial charge in [-0.3, -0.25) is 0 Å². The van der Waals surface area contributed by atoms with E-state index < -0.39 is 11.5 Å². The summed E-state index contributed by atoms with van der Waals surface area (Å²) in [6.07, 6.45) is 1.56. The topological polar surface area (TPSA) is 101 Å². The minimum atomic E-state index is -0.662. The van der Waals surface area contributed by atoms with E-state index in [-0.39, 0.29) is 0 Å². The van der Waals surface area contributed by atoms with Crippen LogP contribution in [0.1, 0.15) is 22.6 Å². The molecule has 10 heteroatoms. The average molecular weight is 583 g/mol. The number of fused-ring (bicyclic) bond motifs is 6. The van der Waals surface area contributed by atoms with Gasteiger partial charge in [0.15, 0.2) is 28.7 Å². The van der Waals surface area contributed by atoms with Crippen LogP contribution in [0.25, 0.3) is 28.0 Å². The van der Waals surface area contributed by atoms with Crippen LogP contribution in [0.3, 0.4) is 0 Å². The van der Waals surface area contributed by atoms with Gasteiger partial charge in [0.2, 0.25) is 5.88 Å². The number of ether oxygens (including phenoxy) is 3. The zero-order chi connectivity index (χ0) is 26.7. The van der Waals surface area contributed by atoms with E-state index in [2.05, 4.69) is 26.0 Å². The monoisotopic (exact) mass is 582 g/mol. The van der Waals surface area contributed by atoms with Crippen LogP contribution >= 0.6 is 15.9 Å². The van der Waals surface area contributed by atoms with E-state index in [4.69, 9.17) is 23.6 Å². The third-order valence-corrected chi connectivity index (χ3v) is 7.37. The molecule has 0 saturated heterocycles. The quantitative estimate of drug-likeness (QED) is 0.234. The number of hydrogen-bond donors (Lipinski definition) is 0. The molecule has 4 heterocycles. The number of rotatable bonds is 4. The van der Waals surface area contributed by atoms with Crippen molar-refractivity contribution in [3.05, 3.63) is 105 Å². The lowest BCUT2D eigenvalue weighted by Gasteiger charge is -2.28. The fraction of sp³-hybridized carbons (Fsp3) is 0.103. The summed E-state index contributed by atoms with van der Waals surface area (Å²) in [6.45, 7) is 0. The number of halogens is 1. The number of benzene rings is 3. The van der Waals surface area contributed by atoms with Crippen molar-refractivity contribution in [2.75, 3.05) is 14.2 Å². The Morgan fingerprint density at radius 3 is 2.56 bits per heavy atom. The second-order valence-corrected chi connectivity index (χ2v) is 9.79. The molecule has 0 bridgehead atoms. The first-order chi connectivity index (χ1) is 19.1. The van der Waals surface area contributed by atoms with Gasteiger partial charge >= 0.3 is 5.63 Å². The summed E-state index contributed by atoms with van der Waals surface area (Å²) in [5.41, 5.74) is 2.91. The van der Waals surface area contributed by atoms with Crippen LogP contribution in [0.4, 0.5) is 0 Å². The maximum absolute atomic E-state index is 13.6. The Bertz CT molecular complexity index is 1970. The Balaban J connectivity index is 1.57. The second kappa shape index (κ2) is 8.95. The Morgan fingerprint density at radius 2 is 1.77 bits per heavy atom. The molecule has 0 aliphatic carbocycles. The number of aromatic nitrogens is 4. The molecule has 3 aromatic heterocycles. The van der Waals surface area contributed by atoms with E-state index in [0.717, 1.165) is 11.1 Å². The minimum absolute atomic E-state index is 0.327. The van der Waals surface area contributed by atoms with Crippen molar-refractivity contribution >= 4 is 32.5 Å². The van der Waals surface area contributed by atoms with Gasteiger partial charge in [-0.1, -0.05) is 42.5 Å². The normalized spacial score (nSPS) is 14.1. The van der Waals surface area contributed by atoms with Gasteiger partial charge in [-0.15, -0.1) is 5.10 Å². The summed E-state index contributed by atoms with van der Waals surface area (Å²) >= 11 is 3.60. The number of methoxy groups -OCH3 is 2. The van der Waals surface area contributed by atoms with Gasteiger partial charge in [0.25, 0.3) is 0 Å². The van der Waals surface area contributed by atoms with Crippen LogP contribution in [0.5, 0.6) is 23.1 Å². The SMILES string of the molecule is COc1cc(C2c3c(c4ccccc4oc3=O)Oc3ncn4nc(-c5ccccc5)nc4c32)cc(Br)c1OC. The summed E-state index contributed by atoms with van der Waals surface area (Å²) in [6, 6.07) is 20.6. The Hall–Kier alpha value is -4.70. The predicted molar refractivity (Wildman–Crippen MR) is 147 cm³/mol. The smallest absolute Gasteiger partial charge is 0.344 e. The first kappa shape index (κ1) is 23.4. The maximum Gasteiger partial charge on any atom is 0.344 e. The minimum Gasteiger partial charge on any atom is -0.493 e. The van der Waals surface area contributed by atoms with E-state index in [0.29, 0.717) is 61.2 Å². The van der Waals surface area contributed by atoms with Crippen LogP contribution in [0.15, 0.2) is 86.7 Å². The Labute approximate surface area is 229 Å². The first-order valence-electron chi connectivity index (χ1n) is 12.0. The highest BCUT2D eigenvalue weighted by molar-refractivity contribution is 9.10. The van der Waals surface area contributed by atoms with E-state index in [1.54, 1.807) is 37.2 Å². The van der Waals surface area contributed by atoms with Crippen LogP contribution in [0, 0.1) is 0 Å². The molecule has 1 aliphatic rings. The fourth-order valence-electron chi connectivity index (χ4n) is 5.08. The highest BCUT2D eigenvalue weighted by Crippen LogP contribution is 2.50. The standard InChI is InChI=1S/C29H19BrN4O5/c1-36-20-13-16(12-18(30)25(20)37-2)21-22-24(17-10-6-7-11-19(17)38-29(22)35)39-28-23(21)27-32-26(33-34(27)14-31-28)15-8-4-3-5-9-15/h3-14,21H,1-2H3. The molecule has 9 nitrogen and oxygen atoms in total. The lowest BCUT2D eigenvalue weighted by molar-refractivity contribution is 0.352. The van der Waals surface area contributed by atoms with Gasteiger partial charge in [-0.2, -0.15) is 0 Å². The number of nitrogens with zero attached hydrogens (tertiary/aromatic N) is 4. The molecule has 0 fully saturated rings. The summed E-state index contributed by atoms with van der Waals surface area (Å²) in [5.74, 6) is 1.61. The summed E-state index contributed by atoms with van der Waals surface area (Å²) in [5, 5.41) is 5.32. The molecule has 6 aromatic rings. The molecule has 39 heavy (non-hydrogen) atoms. The van der Waals surface area contributed by atoms with Crippen LogP contribution < -0.4 is 19.8 Å². The molecule has 0 amide bonds. The van der Waals surface area contributed by atoms with Crippen LogP contribution in [0.2, 0.25) is 0 Å². The Kier molecular flexibility index (Phi) is 5.38. The van der Waals surface area contributed by atoms with Crippen molar-refractivity contribution in [2.24, 2.45) is 0 Å². The molecule has 192 valence electrons. The van der Waals surface area contributed by atoms with Crippen LogP contribution in [-0.4, -0.2) is 33.8 Å². The van der Waals surface area contributed by atoms with Crippen molar-refractivity contribution in [3.63, 3.8) is 0 Å². The van der Waals surface area contributed by atoms with Crippen molar-refractivity contribution in [2.45, 2.75) is 5.92 Å². The molecule has 0 saturated carbocycles. The average Bonchev–Trinajstić information content (AvgIpc) is 3.41. The van der Waals surface area contributed by atoms with Gasteiger partial charge < -0.3 is 18.6 Å². The van der Waals surface area contributed by atoms with Crippen molar-refractivity contribution in [1.82, 2.24) is 19.6 Å². The van der Waals surface area contributed by atoms with Crippen molar-refractivity contribution in [3.8, 4) is 34.5 Å². The van der Waals surface area contributed by atoms with Crippen molar-refractivity contribution in [1.29, 1.82) is 0 Å².